The van der Waals surface area contributed by atoms with Crippen LogP contribution in [0.25, 0.3) is 18.2 Å². The van der Waals surface area contributed by atoms with E-state index in [1.54, 1.807) is 30.4 Å². The van der Waals surface area contributed by atoms with Crippen LogP contribution in [-0.4, -0.2) is 211 Å². The van der Waals surface area contributed by atoms with Crippen LogP contribution in [0.3, 0.4) is 0 Å². The van der Waals surface area contributed by atoms with Gasteiger partial charge < -0.3 is 85.3 Å². The van der Waals surface area contributed by atoms with Crippen LogP contribution in [0.5, 0.6) is 11.5 Å². The lowest BCUT2D eigenvalue weighted by Gasteiger charge is -2.30. The average Bonchev–Trinajstić information content (AvgIpc) is 1.57. The quantitative estimate of drug-likeness (QED) is 0.0174. The molecule has 6 saturated heterocycles. The Morgan fingerprint density at radius 1 is 0.446 bits per heavy atom. The van der Waals surface area contributed by atoms with E-state index in [1.165, 1.54) is 13.8 Å². The van der Waals surface area contributed by atoms with Gasteiger partial charge in [0.05, 0.1) is 102 Å². The number of esters is 11. The molecule has 6 aliphatic heterocycles. The molecule has 0 radical (unpaired) electrons. The van der Waals surface area contributed by atoms with Crippen LogP contribution in [-0.2, 0) is 140 Å². The molecule has 6 heterocycles. The number of ketones is 1. The zero-order valence-electron chi connectivity index (χ0n) is 72.0. The summed E-state index contributed by atoms with van der Waals surface area (Å²) in [5.41, 5.74) is 0.239. The van der Waals surface area contributed by atoms with E-state index >= 15 is 0 Å². The Balaban J connectivity index is 0.000000125. The first-order valence-electron chi connectivity index (χ1n) is 44.0. The van der Waals surface area contributed by atoms with Gasteiger partial charge in [0, 0.05) is 71.2 Å². The second-order valence-corrected chi connectivity index (χ2v) is 35.8. The number of ether oxygens (including phenoxy) is 18. The highest BCUT2D eigenvalue weighted by atomic mass is 16.6. The molecular weight excluding hydrogens is 1690 g/mol. The zero-order chi connectivity index (χ0) is 92.1. The second-order valence-electron chi connectivity index (χ2n) is 35.8. The van der Waals surface area contributed by atoms with Gasteiger partial charge in [-0.2, -0.15) is 21.0 Å². The van der Waals surface area contributed by atoms with E-state index < -0.39 is 136 Å². The number of carbonyl (C=O) groups excluding carboxylic acids is 12. The highest BCUT2D eigenvalue weighted by molar-refractivity contribution is 5.90. The summed E-state index contributed by atoms with van der Waals surface area (Å²) in [6.45, 7) is 21.0. The van der Waals surface area contributed by atoms with E-state index in [2.05, 4.69) is 50.6 Å². The van der Waals surface area contributed by atoms with Gasteiger partial charge in [0.25, 0.3) is 0 Å². The summed E-state index contributed by atoms with van der Waals surface area (Å²) >= 11 is 0. The Morgan fingerprint density at radius 3 is 1.35 bits per heavy atom. The third-order valence-electron chi connectivity index (χ3n) is 28.3. The maximum atomic E-state index is 12.2. The predicted octanol–water partition coefficient (Wildman–Crippen LogP) is 8.22. The number of carbonyl (C=O) groups is 12. The summed E-state index contributed by atoms with van der Waals surface area (Å²) in [4.78, 5) is 144. The Kier molecular flexibility index (Phi) is 27.9. The Hall–Kier alpha value is -12.2. The number of epoxide rings is 1. The predicted molar refractivity (Wildman–Crippen MR) is 442 cm³/mol. The van der Waals surface area contributed by atoms with Crippen molar-refractivity contribution in [2.45, 2.75) is 171 Å². The molecule has 0 amide bonds. The molecule has 10 bridgehead atoms. The van der Waals surface area contributed by atoms with Gasteiger partial charge in [-0.3, -0.25) is 43.2 Å². The van der Waals surface area contributed by atoms with Gasteiger partial charge in [0.2, 0.25) is 0 Å². The van der Waals surface area contributed by atoms with Crippen LogP contribution in [0, 0.1) is 138 Å². The number of rotatable bonds is 36. The van der Waals surface area contributed by atoms with Gasteiger partial charge in [-0.15, -0.1) is 0 Å². The van der Waals surface area contributed by atoms with Crippen molar-refractivity contribution < 1.29 is 143 Å². The average molecular weight is 1790 g/mol. The molecule has 34 heteroatoms. The fraction of sp³-hybridized carbons (Fsp3) is 0.562. The fourth-order valence-electron chi connectivity index (χ4n) is 22.2. The minimum atomic E-state index is -1.03. The molecule has 27 unspecified atom stereocenters. The lowest BCUT2D eigenvalue weighted by Crippen LogP contribution is -2.42. The minimum absolute atomic E-state index is 0.00285. The minimum Gasteiger partial charge on any atom is -0.494 e. The first-order valence-corrected chi connectivity index (χ1v) is 44.0. The van der Waals surface area contributed by atoms with Crippen molar-refractivity contribution in [1.29, 1.82) is 21.0 Å². The molecular formula is C96H102N4O30. The molecule has 0 aromatic heterocycles. The molecule has 19 rings (SSSR count). The Morgan fingerprint density at radius 2 is 0.869 bits per heavy atom. The summed E-state index contributed by atoms with van der Waals surface area (Å²) < 4.78 is 96.9. The monoisotopic (exact) mass is 1790 g/mol. The highest BCUT2D eigenvalue weighted by Crippen LogP contribution is 2.66. The number of Topliss-reactive ketones (excluding diaryl/α,β-unsaturated/α-hetero) is 1. The molecule has 34 nitrogen and oxygen atoms in total. The summed E-state index contributed by atoms with van der Waals surface area (Å²) in [7, 11) is 0. The molecule has 16 aliphatic rings. The van der Waals surface area contributed by atoms with Gasteiger partial charge in [-0.1, -0.05) is 93.1 Å². The van der Waals surface area contributed by atoms with Crippen LogP contribution in [0.15, 0.2) is 105 Å². The summed E-state index contributed by atoms with van der Waals surface area (Å²) in [6, 6.07) is 31.0. The molecule has 3 aromatic rings. The SMILES string of the molecule is C=C(C)C(=O)OCCOC(=O)CCC(=O)OC1C2CC3C1OC(=O)C3C2C(C)=O.C=Cc1ccc(COCC(=O)OC2C3CC4C2OC(=O)C4(C#N)C3)cc1.C=Cc1ccc(OCC(=O)OC2C3CC4C2OC(=O)C4(C#N)C3)cc1.C=Cc1ccc(OCCCC(=O)OC2C3CC4C2OC(=O)C4(C#N)C3)cc1.N#CC12CC3CC1C(OC2=O)C3OCCOCCOCC1CO1. The van der Waals surface area contributed by atoms with Gasteiger partial charge in [-0.05, 0) is 130 Å². The normalized spacial score (nSPS) is 34.6. The third kappa shape index (κ3) is 18.4. The molecule has 686 valence electrons. The van der Waals surface area contributed by atoms with Gasteiger partial charge >= 0.3 is 65.7 Å². The summed E-state index contributed by atoms with van der Waals surface area (Å²) in [5, 5.41) is 37.5. The van der Waals surface area contributed by atoms with Crippen LogP contribution < -0.4 is 9.47 Å². The lowest BCUT2D eigenvalue weighted by atomic mass is 9.74. The lowest BCUT2D eigenvalue weighted by molar-refractivity contribution is -0.166. The second kappa shape index (κ2) is 39.2. The first-order chi connectivity index (χ1) is 62.7. The van der Waals surface area contributed by atoms with Crippen molar-refractivity contribution in [1.82, 2.24) is 0 Å². The fourth-order valence-corrected chi connectivity index (χ4v) is 22.2. The van der Waals surface area contributed by atoms with E-state index in [4.69, 9.17) is 85.3 Å². The number of hydrogen-bond acceptors (Lipinski definition) is 34. The number of nitriles is 4. The van der Waals surface area contributed by atoms with E-state index in [9.17, 15) is 78.6 Å². The molecule has 10 aliphatic carbocycles. The van der Waals surface area contributed by atoms with E-state index in [1.807, 2.05) is 60.7 Å². The van der Waals surface area contributed by atoms with Crippen molar-refractivity contribution in [2.75, 3.05) is 72.7 Å². The van der Waals surface area contributed by atoms with Crippen LogP contribution in [0.4, 0.5) is 0 Å². The van der Waals surface area contributed by atoms with E-state index in [-0.39, 0.29) is 146 Å². The maximum absolute atomic E-state index is 12.2. The maximum Gasteiger partial charge on any atom is 0.344 e. The number of nitrogens with zero attached hydrogens (tertiary/aromatic N) is 4. The third-order valence-corrected chi connectivity index (χ3v) is 28.3. The highest BCUT2D eigenvalue weighted by Gasteiger charge is 2.76. The Bertz CT molecular complexity index is 5100. The molecule has 0 spiro atoms. The van der Waals surface area contributed by atoms with Crippen LogP contribution in [0.1, 0.15) is 120 Å². The van der Waals surface area contributed by atoms with Crippen LogP contribution >= 0.6 is 0 Å². The van der Waals surface area contributed by atoms with Crippen molar-refractivity contribution in [3.05, 3.63) is 127 Å². The topological polar surface area (TPSA) is 469 Å². The van der Waals surface area contributed by atoms with Gasteiger partial charge in [0.15, 0.2) is 28.3 Å². The van der Waals surface area contributed by atoms with Gasteiger partial charge in [-0.25, -0.2) is 14.4 Å². The molecule has 16 fully saturated rings. The van der Waals surface area contributed by atoms with E-state index in [0.29, 0.717) is 110 Å². The van der Waals surface area contributed by atoms with E-state index in [0.717, 1.165) is 41.0 Å². The van der Waals surface area contributed by atoms with Crippen molar-refractivity contribution >= 4 is 89.7 Å². The van der Waals surface area contributed by atoms with Crippen LogP contribution in [0.2, 0.25) is 0 Å². The number of fused-ring (bicyclic) bond motifs is 5. The summed E-state index contributed by atoms with van der Waals surface area (Å²) in [6.07, 6.45) is 7.01. The smallest absolute Gasteiger partial charge is 0.344 e. The molecule has 27 atom stereocenters. The summed E-state index contributed by atoms with van der Waals surface area (Å²) in [5.74, 6) is -5.42. The van der Waals surface area contributed by atoms with Crippen molar-refractivity contribution in [2.24, 2.45) is 92.7 Å². The molecule has 0 N–H and O–H groups in total. The zero-order valence-corrected chi connectivity index (χ0v) is 72.0. The molecule has 10 saturated carbocycles. The standard InChI is InChI=1S/C21H21NO5.C20H19NO5.C20H24O9.C19H17NO5.C16H21NO6/c1-2-13-5-7-15(8-6-13)25-9-3-4-17(23)26-18-14-10-16-19(18)27-20(24)21(16,11-14)12-22;1-2-12-3-5-13(6-4-12)9-24-10-16(22)25-17-14-7-15-18(17)26-19(23)20(15,8-14)11-21;1-9(2)19(24)27-7-6-26-13(22)4-5-14(23)28-17-11-8-12-16(15(11)10(3)21)20(25)29-18(12)17;1-2-11-3-5-13(6-4-11)23-9-15(21)24-16-12-7-14-17(16)25-18(22)19(14,8-12)10-20;17-9-16-6-10-5-12(16)14(23-15(16)18)13(10)21-4-3-19-1-2-20-7-11-8-22-11/h2,5-8,14,16,18-19H,1,3-4,9-11H2;2-6,14-15,17-18H,1,7-10H2;11-12,15-18H,1,4-8H2,2-3H3;2-6,12,14,16-17H,1,7-9H2;10-14H,1-8H2. The number of hydrogen-bond donors (Lipinski definition) is 0. The number of benzene rings is 3. The van der Waals surface area contributed by atoms with Gasteiger partial charge in [0.1, 0.15) is 98.1 Å². The van der Waals surface area contributed by atoms with Crippen molar-refractivity contribution in [3.63, 3.8) is 0 Å². The Labute approximate surface area is 749 Å². The molecule has 130 heavy (non-hydrogen) atoms. The first kappa shape index (κ1) is 92.5. The largest absolute Gasteiger partial charge is 0.494 e. The van der Waals surface area contributed by atoms with Crippen molar-refractivity contribution in [3.8, 4) is 35.8 Å². The molecule has 3 aromatic carbocycles.